The highest BCUT2D eigenvalue weighted by Crippen LogP contribution is 2.19. The minimum atomic E-state index is -3.40. The summed E-state index contributed by atoms with van der Waals surface area (Å²) in [5, 5.41) is 12.8. The third-order valence-electron chi connectivity index (χ3n) is 4.34. The van der Waals surface area contributed by atoms with Crippen LogP contribution in [0.4, 0.5) is 0 Å². The average molecular weight is 416 g/mol. The quantitative estimate of drug-likeness (QED) is 0.514. The first-order valence-electron chi connectivity index (χ1n) is 8.74. The van der Waals surface area contributed by atoms with Crippen LogP contribution in [0.25, 0.3) is 10.9 Å². The van der Waals surface area contributed by atoms with E-state index >= 15 is 0 Å². The maximum Gasteiger partial charge on any atom is 0.326 e. The first kappa shape index (κ1) is 20.4. The number of nitrogens with one attached hydrogen (secondary N) is 2. The summed E-state index contributed by atoms with van der Waals surface area (Å²) in [5.74, 6) is -1.59. The van der Waals surface area contributed by atoms with E-state index in [9.17, 15) is 23.1 Å². The van der Waals surface area contributed by atoms with Crippen LogP contribution in [-0.4, -0.2) is 49.3 Å². The molecular weight excluding hydrogens is 396 g/mol. The van der Waals surface area contributed by atoms with E-state index in [0.717, 1.165) is 22.7 Å². The summed E-state index contributed by atoms with van der Waals surface area (Å²) < 4.78 is 28.5. The number of aliphatic carboxylic acids is 1. The van der Waals surface area contributed by atoms with Crippen molar-refractivity contribution in [1.29, 1.82) is 0 Å². The predicted octanol–water partition coefficient (Wildman–Crippen LogP) is 1.76. The number of amides is 1. The van der Waals surface area contributed by atoms with E-state index < -0.39 is 34.4 Å². The monoisotopic (exact) mass is 416 g/mol. The van der Waals surface area contributed by atoms with E-state index in [1.165, 1.54) is 24.3 Å². The Bertz CT molecular complexity index is 1150. The van der Waals surface area contributed by atoms with Gasteiger partial charge >= 0.3 is 5.97 Å². The van der Waals surface area contributed by atoms with Gasteiger partial charge in [-0.2, -0.15) is 0 Å². The van der Waals surface area contributed by atoms with E-state index in [2.05, 4.69) is 10.3 Å². The number of sulfone groups is 1. The molecule has 0 radical (unpaired) electrons. The van der Waals surface area contributed by atoms with Crippen molar-refractivity contribution in [3.63, 3.8) is 0 Å². The lowest BCUT2D eigenvalue weighted by Gasteiger charge is -2.15. The second kappa shape index (κ2) is 8.36. The lowest BCUT2D eigenvalue weighted by Crippen LogP contribution is -2.44. The molecule has 0 aliphatic carbocycles. The molecule has 0 unspecified atom stereocenters. The number of aromatic nitrogens is 1. The van der Waals surface area contributed by atoms with Gasteiger partial charge < -0.3 is 20.1 Å². The van der Waals surface area contributed by atoms with E-state index in [1.807, 2.05) is 24.3 Å². The molecular formula is C20H20N2O6S. The van der Waals surface area contributed by atoms with Gasteiger partial charge in [0.1, 0.15) is 11.8 Å². The first-order valence-corrected chi connectivity index (χ1v) is 10.6. The Hall–Kier alpha value is -3.33. The second-order valence-corrected chi connectivity index (χ2v) is 8.57. The standard InChI is InChI=1S/C20H20N2O6S/c1-29(26,27)15-6-4-5-14(10-15)28-12-19(23)22-18(20(24)25)9-13-11-21-17-8-3-2-7-16(13)17/h2-8,10-11,18,21H,9,12H2,1H3,(H,22,23)(H,24,25)/t18-/m1/s1. The van der Waals surface area contributed by atoms with Crippen LogP contribution in [0.5, 0.6) is 5.75 Å². The normalized spacial score (nSPS) is 12.4. The Morgan fingerprint density at radius 2 is 1.93 bits per heavy atom. The van der Waals surface area contributed by atoms with Crippen LogP contribution in [-0.2, 0) is 25.8 Å². The predicted molar refractivity (Wildman–Crippen MR) is 107 cm³/mol. The van der Waals surface area contributed by atoms with E-state index in [4.69, 9.17) is 4.74 Å². The topological polar surface area (TPSA) is 126 Å². The molecule has 1 atom stereocenters. The van der Waals surface area contributed by atoms with Crippen LogP contribution >= 0.6 is 0 Å². The number of fused-ring (bicyclic) bond motifs is 1. The van der Waals surface area contributed by atoms with Crippen molar-refractivity contribution >= 4 is 32.6 Å². The van der Waals surface area contributed by atoms with E-state index in [0.29, 0.717) is 0 Å². The molecule has 9 heteroatoms. The van der Waals surface area contributed by atoms with Gasteiger partial charge in [0.05, 0.1) is 4.90 Å². The van der Waals surface area contributed by atoms with Crippen molar-refractivity contribution in [3.05, 3.63) is 60.3 Å². The number of hydrogen-bond acceptors (Lipinski definition) is 5. The number of carboxylic acid groups (broad SMARTS) is 1. The Labute approximate surface area is 167 Å². The molecule has 0 aliphatic rings. The van der Waals surface area contributed by atoms with Gasteiger partial charge in [0.25, 0.3) is 5.91 Å². The van der Waals surface area contributed by atoms with Crippen LogP contribution in [0.15, 0.2) is 59.6 Å². The number of carbonyl (C=O) groups is 2. The number of carbonyl (C=O) groups excluding carboxylic acids is 1. The number of ether oxygens (including phenoxy) is 1. The summed E-state index contributed by atoms with van der Waals surface area (Å²) in [6, 6.07) is 12.1. The fraction of sp³-hybridized carbons (Fsp3) is 0.200. The molecule has 0 fully saturated rings. The van der Waals surface area contributed by atoms with Gasteiger partial charge in [-0.05, 0) is 29.8 Å². The molecule has 3 aromatic rings. The number of benzene rings is 2. The SMILES string of the molecule is CS(=O)(=O)c1cccc(OCC(=O)N[C@H](Cc2c[nH]c3ccccc23)C(=O)O)c1. The smallest absolute Gasteiger partial charge is 0.326 e. The maximum absolute atomic E-state index is 12.2. The lowest BCUT2D eigenvalue weighted by atomic mass is 10.1. The van der Waals surface area contributed by atoms with Crippen LogP contribution in [0.2, 0.25) is 0 Å². The Morgan fingerprint density at radius 1 is 1.17 bits per heavy atom. The van der Waals surface area contributed by atoms with Crippen molar-refractivity contribution < 1.29 is 27.9 Å². The molecule has 8 nitrogen and oxygen atoms in total. The van der Waals surface area contributed by atoms with Crippen molar-refractivity contribution in [1.82, 2.24) is 10.3 Å². The number of para-hydroxylation sites is 1. The van der Waals surface area contributed by atoms with Crippen molar-refractivity contribution in [2.24, 2.45) is 0 Å². The first-order chi connectivity index (χ1) is 13.7. The Kier molecular flexibility index (Phi) is 5.88. The van der Waals surface area contributed by atoms with Gasteiger partial charge in [0.2, 0.25) is 0 Å². The number of H-pyrrole nitrogens is 1. The molecule has 2 aromatic carbocycles. The van der Waals surface area contributed by atoms with E-state index in [1.54, 1.807) is 6.20 Å². The zero-order chi connectivity index (χ0) is 21.0. The van der Waals surface area contributed by atoms with Gasteiger partial charge in [-0.1, -0.05) is 24.3 Å². The number of aromatic amines is 1. The molecule has 3 rings (SSSR count). The third kappa shape index (κ3) is 5.14. The van der Waals surface area contributed by atoms with Crippen LogP contribution in [0, 0.1) is 0 Å². The molecule has 152 valence electrons. The highest BCUT2D eigenvalue weighted by Gasteiger charge is 2.22. The minimum Gasteiger partial charge on any atom is -0.484 e. The minimum absolute atomic E-state index is 0.0677. The summed E-state index contributed by atoms with van der Waals surface area (Å²) in [6.45, 7) is -0.440. The Morgan fingerprint density at radius 3 is 2.66 bits per heavy atom. The summed E-state index contributed by atoms with van der Waals surface area (Å²) in [7, 11) is -3.40. The zero-order valence-electron chi connectivity index (χ0n) is 15.6. The largest absolute Gasteiger partial charge is 0.484 e. The molecule has 0 bridgehead atoms. The maximum atomic E-state index is 12.2. The highest BCUT2D eigenvalue weighted by molar-refractivity contribution is 7.90. The molecule has 1 aromatic heterocycles. The lowest BCUT2D eigenvalue weighted by molar-refractivity contribution is -0.142. The second-order valence-electron chi connectivity index (χ2n) is 6.56. The molecule has 0 spiro atoms. The summed E-state index contributed by atoms with van der Waals surface area (Å²) in [6.07, 6.45) is 2.90. The summed E-state index contributed by atoms with van der Waals surface area (Å²) >= 11 is 0. The van der Waals surface area contributed by atoms with E-state index in [-0.39, 0.29) is 17.1 Å². The fourth-order valence-electron chi connectivity index (χ4n) is 2.90. The van der Waals surface area contributed by atoms with Crippen LogP contribution < -0.4 is 10.1 Å². The molecule has 29 heavy (non-hydrogen) atoms. The van der Waals surface area contributed by atoms with Crippen molar-refractivity contribution in [2.45, 2.75) is 17.4 Å². The highest BCUT2D eigenvalue weighted by atomic mass is 32.2. The molecule has 0 aliphatic heterocycles. The Balaban J connectivity index is 1.64. The van der Waals surface area contributed by atoms with Gasteiger partial charge in [0, 0.05) is 29.8 Å². The molecule has 1 heterocycles. The molecule has 0 saturated carbocycles. The van der Waals surface area contributed by atoms with Gasteiger partial charge in [-0.15, -0.1) is 0 Å². The number of carboxylic acids is 1. The molecule has 3 N–H and O–H groups in total. The van der Waals surface area contributed by atoms with Crippen LogP contribution in [0.3, 0.4) is 0 Å². The van der Waals surface area contributed by atoms with Crippen molar-refractivity contribution in [3.8, 4) is 5.75 Å². The number of rotatable bonds is 8. The summed E-state index contributed by atoms with van der Waals surface area (Å²) in [4.78, 5) is 26.9. The third-order valence-corrected chi connectivity index (χ3v) is 5.45. The number of hydrogen-bond donors (Lipinski definition) is 3. The van der Waals surface area contributed by atoms with Gasteiger partial charge in [-0.25, -0.2) is 13.2 Å². The summed E-state index contributed by atoms with van der Waals surface area (Å²) in [5.41, 5.74) is 1.65. The zero-order valence-corrected chi connectivity index (χ0v) is 16.4. The van der Waals surface area contributed by atoms with Crippen molar-refractivity contribution in [2.75, 3.05) is 12.9 Å². The average Bonchev–Trinajstić information content (AvgIpc) is 3.08. The fourth-order valence-corrected chi connectivity index (χ4v) is 3.56. The van der Waals surface area contributed by atoms with Gasteiger partial charge in [-0.3, -0.25) is 4.79 Å². The molecule has 0 saturated heterocycles. The molecule has 1 amide bonds. The van der Waals surface area contributed by atoms with Gasteiger partial charge in [0.15, 0.2) is 16.4 Å². The van der Waals surface area contributed by atoms with Crippen LogP contribution in [0.1, 0.15) is 5.56 Å².